The van der Waals surface area contributed by atoms with Crippen molar-refractivity contribution in [2.45, 2.75) is 52.1 Å². The van der Waals surface area contributed by atoms with E-state index in [1.54, 1.807) is 11.3 Å². The van der Waals surface area contributed by atoms with Gasteiger partial charge in [-0.1, -0.05) is 6.92 Å². The summed E-state index contributed by atoms with van der Waals surface area (Å²) < 4.78 is 5.88. The summed E-state index contributed by atoms with van der Waals surface area (Å²) in [6.45, 7) is 6.90. The third-order valence-electron chi connectivity index (χ3n) is 5.87. The summed E-state index contributed by atoms with van der Waals surface area (Å²) in [6, 6.07) is 4.38. The van der Waals surface area contributed by atoms with Crippen LogP contribution in [0.3, 0.4) is 0 Å². The molecule has 1 saturated carbocycles. The molecule has 1 aliphatic heterocycles. The lowest BCUT2D eigenvalue weighted by Gasteiger charge is -2.29. The SMILES string of the molecule is CCc1oc(C(=O)N(Cc2ccsc2)C2CC23CCNCC3)cc1C.Cl. The van der Waals surface area contributed by atoms with Gasteiger partial charge in [-0.3, -0.25) is 4.79 Å². The fourth-order valence-corrected chi connectivity index (χ4v) is 4.91. The monoisotopic (exact) mass is 394 g/mol. The highest BCUT2D eigenvalue weighted by atomic mass is 35.5. The normalized spacial score (nSPS) is 20.6. The number of amides is 1. The highest BCUT2D eigenvalue weighted by Gasteiger charge is 2.58. The van der Waals surface area contributed by atoms with Crippen molar-refractivity contribution < 1.29 is 9.21 Å². The van der Waals surface area contributed by atoms with Crippen LogP contribution in [-0.2, 0) is 13.0 Å². The van der Waals surface area contributed by atoms with E-state index in [4.69, 9.17) is 4.42 Å². The van der Waals surface area contributed by atoms with Crippen LogP contribution in [0.2, 0.25) is 0 Å². The van der Waals surface area contributed by atoms with Gasteiger partial charge in [0.05, 0.1) is 0 Å². The van der Waals surface area contributed by atoms with Gasteiger partial charge < -0.3 is 14.6 Å². The van der Waals surface area contributed by atoms with Crippen LogP contribution in [0.5, 0.6) is 0 Å². The maximum atomic E-state index is 13.3. The molecule has 2 aromatic heterocycles. The minimum absolute atomic E-state index is 0. The van der Waals surface area contributed by atoms with Crippen molar-refractivity contribution in [2.75, 3.05) is 13.1 Å². The Morgan fingerprint density at radius 2 is 2.19 bits per heavy atom. The van der Waals surface area contributed by atoms with Crippen LogP contribution in [0.25, 0.3) is 0 Å². The van der Waals surface area contributed by atoms with Gasteiger partial charge in [-0.15, -0.1) is 12.4 Å². The standard InChI is InChI=1S/C20H26N2O2S.ClH/c1-3-16-14(2)10-17(24-16)19(23)22(12-15-4-9-25-13-15)18-11-20(18)5-7-21-8-6-20;/h4,9-10,13,18,21H,3,5-8,11-12H2,1-2H3;1H. The van der Waals surface area contributed by atoms with E-state index in [2.05, 4.69) is 34.0 Å². The van der Waals surface area contributed by atoms with Crippen LogP contribution < -0.4 is 5.32 Å². The van der Waals surface area contributed by atoms with E-state index in [0.717, 1.165) is 37.3 Å². The van der Waals surface area contributed by atoms with Crippen molar-refractivity contribution in [3.8, 4) is 0 Å². The number of nitrogens with one attached hydrogen (secondary N) is 1. The number of piperidine rings is 1. The molecule has 142 valence electrons. The van der Waals surface area contributed by atoms with Crippen LogP contribution in [0.1, 0.15) is 53.6 Å². The van der Waals surface area contributed by atoms with E-state index in [-0.39, 0.29) is 18.3 Å². The summed E-state index contributed by atoms with van der Waals surface area (Å²) in [5.41, 5.74) is 2.62. The lowest BCUT2D eigenvalue weighted by molar-refractivity contribution is 0.0658. The molecule has 0 bridgehead atoms. The molecule has 4 rings (SSSR count). The minimum Gasteiger partial charge on any atom is -0.456 e. The third-order valence-corrected chi connectivity index (χ3v) is 6.60. The van der Waals surface area contributed by atoms with Crippen LogP contribution >= 0.6 is 23.7 Å². The Labute approximate surface area is 165 Å². The van der Waals surface area contributed by atoms with Gasteiger partial charge in [0.1, 0.15) is 5.76 Å². The Kier molecular flexibility index (Phi) is 5.80. The van der Waals surface area contributed by atoms with Crippen LogP contribution in [0.4, 0.5) is 0 Å². The smallest absolute Gasteiger partial charge is 0.290 e. The second-order valence-electron chi connectivity index (χ2n) is 7.47. The van der Waals surface area contributed by atoms with E-state index in [0.29, 0.717) is 23.8 Å². The number of carbonyl (C=O) groups excluding carboxylic acids is 1. The van der Waals surface area contributed by atoms with Gasteiger partial charge in [-0.05, 0) is 78.7 Å². The van der Waals surface area contributed by atoms with Gasteiger partial charge >= 0.3 is 0 Å². The highest BCUT2D eigenvalue weighted by Crippen LogP contribution is 2.56. The molecule has 1 aliphatic carbocycles. The summed E-state index contributed by atoms with van der Waals surface area (Å²) >= 11 is 1.69. The zero-order chi connectivity index (χ0) is 17.4. The fraction of sp³-hybridized carbons (Fsp3) is 0.550. The number of aryl methyl sites for hydroxylation is 2. The molecular formula is C20H27ClN2O2S. The molecule has 1 amide bonds. The topological polar surface area (TPSA) is 45.5 Å². The first-order valence-electron chi connectivity index (χ1n) is 9.25. The molecule has 1 spiro atoms. The zero-order valence-electron chi connectivity index (χ0n) is 15.4. The van der Waals surface area contributed by atoms with Crippen molar-refractivity contribution >= 4 is 29.7 Å². The second kappa shape index (κ2) is 7.75. The number of halogens is 1. The molecule has 0 aromatic carbocycles. The van der Waals surface area contributed by atoms with Gasteiger partial charge in [0.2, 0.25) is 0 Å². The van der Waals surface area contributed by atoms with Crippen molar-refractivity contribution in [1.82, 2.24) is 10.2 Å². The molecule has 2 aromatic rings. The molecule has 1 atom stereocenters. The van der Waals surface area contributed by atoms with Gasteiger partial charge in [0.15, 0.2) is 5.76 Å². The Hall–Kier alpha value is -1.30. The first-order chi connectivity index (χ1) is 12.1. The van der Waals surface area contributed by atoms with Gasteiger partial charge in [0.25, 0.3) is 5.91 Å². The average Bonchev–Trinajstić information content (AvgIpc) is 2.99. The Bertz CT molecular complexity index is 750. The fourth-order valence-electron chi connectivity index (χ4n) is 4.25. The molecule has 0 radical (unpaired) electrons. The first kappa shape index (κ1) is 19.5. The highest BCUT2D eigenvalue weighted by molar-refractivity contribution is 7.07. The minimum atomic E-state index is 0. The number of carbonyl (C=O) groups is 1. The summed E-state index contributed by atoms with van der Waals surface area (Å²) in [6.07, 6.45) is 4.29. The predicted molar refractivity (Wildman–Crippen MR) is 107 cm³/mol. The molecular weight excluding hydrogens is 368 g/mol. The van der Waals surface area contributed by atoms with Crippen molar-refractivity contribution in [2.24, 2.45) is 5.41 Å². The van der Waals surface area contributed by atoms with Gasteiger partial charge in [-0.2, -0.15) is 11.3 Å². The summed E-state index contributed by atoms with van der Waals surface area (Å²) in [7, 11) is 0. The Morgan fingerprint density at radius 3 is 2.81 bits per heavy atom. The quantitative estimate of drug-likeness (QED) is 0.816. The molecule has 1 saturated heterocycles. The zero-order valence-corrected chi connectivity index (χ0v) is 17.0. The van der Waals surface area contributed by atoms with E-state index >= 15 is 0 Å². The summed E-state index contributed by atoms with van der Waals surface area (Å²) in [4.78, 5) is 15.4. The van der Waals surface area contributed by atoms with Crippen molar-refractivity contribution in [1.29, 1.82) is 0 Å². The van der Waals surface area contributed by atoms with Crippen molar-refractivity contribution in [3.63, 3.8) is 0 Å². The lowest BCUT2D eigenvalue weighted by atomic mass is 9.93. The number of nitrogens with zero attached hydrogens (tertiary/aromatic N) is 1. The number of hydrogen-bond donors (Lipinski definition) is 1. The Morgan fingerprint density at radius 1 is 1.42 bits per heavy atom. The molecule has 2 fully saturated rings. The van der Waals surface area contributed by atoms with E-state index in [1.165, 1.54) is 18.4 Å². The van der Waals surface area contributed by atoms with Crippen LogP contribution in [0, 0.1) is 12.3 Å². The third kappa shape index (κ3) is 3.57. The van der Waals surface area contributed by atoms with Gasteiger partial charge in [-0.25, -0.2) is 0 Å². The van der Waals surface area contributed by atoms with E-state index in [1.807, 2.05) is 13.0 Å². The van der Waals surface area contributed by atoms with Crippen LogP contribution in [0.15, 0.2) is 27.3 Å². The van der Waals surface area contributed by atoms with Gasteiger partial charge in [0, 0.05) is 19.0 Å². The molecule has 26 heavy (non-hydrogen) atoms. The maximum Gasteiger partial charge on any atom is 0.290 e. The number of thiophene rings is 1. The molecule has 1 unspecified atom stereocenters. The largest absolute Gasteiger partial charge is 0.456 e. The summed E-state index contributed by atoms with van der Waals surface area (Å²) in [5.74, 6) is 1.47. The van der Waals surface area contributed by atoms with E-state index in [9.17, 15) is 4.79 Å². The second-order valence-corrected chi connectivity index (χ2v) is 8.25. The lowest BCUT2D eigenvalue weighted by Crippen LogP contribution is -2.39. The van der Waals surface area contributed by atoms with E-state index < -0.39 is 0 Å². The first-order valence-corrected chi connectivity index (χ1v) is 10.2. The Balaban J connectivity index is 0.00000196. The van der Waals surface area contributed by atoms with Crippen molar-refractivity contribution in [3.05, 3.63) is 45.5 Å². The molecule has 1 N–H and O–H groups in total. The van der Waals surface area contributed by atoms with Crippen LogP contribution in [-0.4, -0.2) is 29.9 Å². The molecule has 4 nitrogen and oxygen atoms in total. The number of hydrogen-bond acceptors (Lipinski definition) is 4. The molecule has 2 aliphatic rings. The summed E-state index contributed by atoms with van der Waals surface area (Å²) in [5, 5.41) is 7.67. The molecule has 6 heteroatoms. The number of rotatable bonds is 5. The predicted octanol–water partition coefficient (Wildman–Crippen LogP) is 4.42. The molecule has 3 heterocycles. The number of furan rings is 1. The average molecular weight is 395 g/mol. The maximum absolute atomic E-state index is 13.3.